The summed E-state index contributed by atoms with van der Waals surface area (Å²) in [5.41, 5.74) is 8.02. The summed E-state index contributed by atoms with van der Waals surface area (Å²) in [6.07, 6.45) is 1.83. The maximum Gasteiger partial charge on any atom is 0.168 e. The van der Waals surface area contributed by atoms with Gasteiger partial charge in [-0.1, -0.05) is 11.6 Å². The van der Waals surface area contributed by atoms with Crippen molar-refractivity contribution < 1.29 is 4.74 Å². The van der Waals surface area contributed by atoms with Crippen LogP contribution in [0.1, 0.15) is 0 Å². The number of nitrogen functional groups attached to an aromatic ring is 1. The van der Waals surface area contributed by atoms with E-state index in [0.29, 0.717) is 27.9 Å². The molecule has 2 N–H and O–H groups in total. The Morgan fingerprint density at radius 1 is 1.21 bits per heavy atom. The Hall–Kier alpha value is -2.27. The van der Waals surface area contributed by atoms with Crippen LogP contribution in [0.3, 0.4) is 0 Å². The summed E-state index contributed by atoms with van der Waals surface area (Å²) in [6, 6.07) is 9.05. The van der Waals surface area contributed by atoms with Gasteiger partial charge in [-0.05, 0) is 24.3 Å². The molecule has 0 amide bonds. The molecule has 19 heavy (non-hydrogen) atoms. The first-order chi connectivity index (χ1) is 9.19. The van der Waals surface area contributed by atoms with E-state index in [1.165, 1.54) is 0 Å². The van der Waals surface area contributed by atoms with Crippen molar-refractivity contribution in [1.29, 1.82) is 0 Å². The highest BCUT2D eigenvalue weighted by Crippen LogP contribution is 2.27. The molecular formula is C13H11ClN4O. The van der Waals surface area contributed by atoms with Crippen molar-refractivity contribution in [2.45, 2.75) is 0 Å². The van der Waals surface area contributed by atoms with Crippen molar-refractivity contribution >= 4 is 22.9 Å². The molecule has 0 fully saturated rings. The molecule has 96 valence electrons. The van der Waals surface area contributed by atoms with Crippen LogP contribution in [0.5, 0.6) is 5.75 Å². The van der Waals surface area contributed by atoms with Crippen LogP contribution in [0.2, 0.25) is 5.02 Å². The van der Waals surface area contributed by atoms with E-state index in [0.717, 1.165) is 5.56 Å². The molecule has 0 aliphatic heterocycles. The van der Waals surface area contributed by atoms with Gasteiger partial charge in [0.2, 0.25) is 0 Å². The summed E-state index contributed by atoms with van der Waals surface area (Å²) >= 11 is 5.92. The minimum absolute atomic E-state index is 0.561. The van der Waals surface area contributed by atoms with Crippen molar-refractivity contribution in [1.82, 2.24) is 14.6 Å². The van der Waals surface area contributed by atoms with E-state index < -0.39 is 0 Å². The summed E-state index contributed by atoms with van der Waals surface area (Å²) in [6.45, 7) is 0. The number of benzene rings is 1. The van der Waals surface area contributed by atoms with Gasteiger partial charge < -0.3 is 10.5 Å². The fourth-order valence-corrected chi connectivity index (χ4v) is 2.09. The lowest BCUT2D eigenvalue weighted by Gasteiger charge is -2.06. The first kappa shape index (κ1) is 11.8. The van der Waals surface area contributed by atoms with Crippen LogP contribution in [-0.4, -0.2) is 21.7 Å². The molecule has 3 rings (SSSR count). The van der Waals surface area contributed by atoms with Gasteiger partial charge in [0.1, 0.15) is 5.75 Å². The Kier molecular flexibility index (Phi) is 2.76. The van der Waals surface area contributed by atoms with Crippen LogP contribution in [0.15, 0.2) is 36.5 Å². The standard InChI is InChI=1S/C13H11ClN4O/c1-19-11-3-2-8(6-10(11)15)13-17-16-12-7-9(14)4-5-18(12)13/h2-7H,15H2,1H3. The van der Waals surface area contributed by atoms with Gasteiger partial charge in [0.15, 0.2) is 11.5 Å². The number of fused-ring (bicyclic) bond motifs is 1. The number of ether oxygens (including phenoxy) is 1. The van der Waals surface area contributed by atoms with Crippen LogP contribution in [0, 0.1) is 0 Å². The predicted octanol–water partition coefficient (Wildman–Crippen LogP) is 2.64. The van der Waals surface area contributed by atoms with Crippen molar-refractivity contribution in [3.63, 3.8) is 0 Å². The highest BCUT2D eigenvalue weighted by Gasteiger charge is 2.10. The van der Waals surface area contributed by atoms with Gasteiger partial charge in [-0.2, -0.15) is 0 Å². The minimum atomic E-state index is 0.561. The lowest BCUT2D eigenvalue weighted by molar-refractivity contribution is 0.417. The van der Waals surface area contributed by atoms with Crippen molar-refractivity contribution in [3.05, 3.63) is 41.6 Å². The normalized spacial score (nSPS) is 10.8. The van der Waals surface area contributed by atoms with E-state index in [1.807, 2.05) is 28.8 Å². The third-order valence-corrected chi connectivity index (χ3v) is 3.09. The molecule has 2 heterocycles. The first-order valence-electron chi connectivity index (χ1n) is 5.63. The average molecular weight is 275 g/mol. The molecule has 0 saturated heterocycles. The molecule has 0 atom stereocenters. The molecular weight excluding hydrogens is 264 g/mol. The van der Waals surface area contributed by atoms with Crippen molar-refractivity contribution in [3.8, 4) is 17.1 Å². The van der Waals surface area contributed by atoms with Crippen LogP contribution < -0.4 is 10.5 Å². The fourth-order valence-electron chi connectivity index (χ4n) is 1.94. The van der Waals surface area contributed by atoms with Crippen LogP contribution in [0.25, 0.3) is 17.0 Å². The van der Waals surface area contributed by atoms with Crippen molar-refractivity contribution in [2.24, 2.45) is 0 Å². The zero-order valence-electron chi connectivity index (χ0n) is 10.2. The Morgan fingerprint density at radius 2 is 2.05 bits per heavy atom. The third kappa shape index (κ3) is 1.98. The number of rotatable bonds is 2. The number of aromatic nitrogens is 3. The SMILES string of the molecule is COc1ccc(-c2nnc3cc(Cl)ccn23)cc1N. The number of halogens is 1. The quantitative estimate of drug-likeness (QED) is 0.730. The van der Waals surface area contributed by atoms with Crippen LogP contribution in [-0.2, 0) is 0 Å². The third-order valence-electron chi connectivity index (χ3n) is 2.86. The zero-order chi connectivity index (χ0) is 13.4. The predicted molar refractivity (Wildman–Crippen MR) is 74.4 cm³/mol. The number of nitrogens with zero attached hydrogens (tertiary/aromatic N) is 3. The highest BCUT2D eigenvalue weighted by molar-refractivity contribution is 6.30. The van der Waals surface area contributed by atoms with Gasteiger partial charge in [-0.15, -0.1) is 10.2 Å². The molecule has 0 aliphatic carbocycles. The van der Waals surface area contributed by atoms with E-state index in [1.54, 1.807) is 19.2 Å². The fraction of sp³-hybridized carbons (Fsp3) is 0.0769. The molecule has 5 nitrogen and oxygen atoms in total. The van der Waals surface area contributed by atoms with E-state index in [-0.39, 0.29) is 0 Å². The van der Waals surface area contributed by atoms with Crippen molar-refractivity contribution in [2.75, 3.05) is 12.8 Å². The largest absolute Gasteiger partial charge is 0.495 e. The Labute approximate surface area is 114 Å². The summed E-state index contributed by atoms with van der Waals surface area (Å²) in [5, 5.41) is 8.87. The second-order valence-electron chi connectivity index (χ2n) is 4.05. The van der Waals surface area contributed by atoms with Gasteiger partial charge in [-0.25, -0.2) is 0 Å². The van der Waals surface area contributed by atoms with E-state index in [4.69, 9.17) is 22.1 Å². The summed E-state index contributed by atoms with van der Waals surface area (Å²) in [4.78, 5) is 0. The number of nitrogens with two attached hydrogens (primary N) is 1. The molecule has 0 bridgehead atoms. The maximum atomic E-state index is 5.92. The van der Waals surface area contributed by atoms with E-state index >= 15 is 0 Å². The van der Waals surface area contributed by atoms with Gasteiger partial charge in [0.25, 0.3) is 0 Å². The van der Waals surface area contributed by atoms with E-state index in [2.05, 4.69) is 10.2 Å². The second kappa shape index (κ2) is 4.44. The first-order valence-corrected chi connectivity index (χ1v) is 6.01. The van der Waals surface area contributed by atoms with Gasteiger partial charge in [0.05, 0.1) is 12.8 Å². The van der Waals surface area contributed by atoms with E-state index in [9.17, 15) is 0 Å². The Balaban J connectivity index is 2.16. The number of pyridine rings is 1. The van der Waals surface area contributed by atoms with Crippen LogP contribution >= 0.6 is 11.6 Å². The molecule has 1 aromatic carbocycles. The topological polar surface area (TPSA) is 65.4 Å². The number of hydrogen-bond donors (Lipinski definition) is 1. The summed E-state index contributed by atoms with van der Waals surface area (Å²) < 4.78 is 6.99. The zero-order valence-corrected chi connectivity index (χ0v) is 10.9. The molecule has 6 heteroatoms. The molecule has 2 aromatic heterocycles. The highest BCUT2D eigenvalue weighted by atomic mass is 35.5. The van der Waals surface area contributed by atoms with Gasteiger partial charge in [-0.3, -0.25) is 4.40 Å². The lowest BCUT2D eigenvalue weighted by Crippen LogP contribution is -1.94. The number of hydrogen-bond acceptors (Lipinski definition) is 4. The smallest absolute Gasteiger partial charge is 0.168 e. The molecule has 0 unspecified atom stereocenters. The number of methoxy groups -OCH3 is 1. The minimum Gasteiger partial charge on any atom is -0.495 e. The summed E-state index contributed by atoms with van der Waals surface area (Å²) in [5.74, 6) is 1.35. The monoisotopic (exact) mass is 274 g/mol. The van der Waals surface area contributed by atoms with Gasteiger partial charge in [0, 0.05) is 22.8 Å². The average Bonchev–Trinajstić information content (AvgIpc) is 2.81. The Morgan fingerprint density at radius 3 is 2.79 bits per heavy atom. The maximum absolute atomic E-state index is 5.92. The Bertz CT molecular complexity index is 753. The molecule has 0 aliphatic rings. The lowest BCUT2D eigenvalue weighted by atomic mass is 10.2. The molecule has 0 spiro atoms. The van der Waals surface area contributed by atoms with Crippen LogP contribution in [0.4, 0.5) is 5.69 Å². The molecule has 3 aromatic rings. The summed E-state index contributed by atoms with van der Waals surface area (Å²) in [7, 11) is 1.58. The second-order valence-corrected chi connectivity index (χ2v) is 4.49. The number of anilines is 1. The molecule has 0 radical (unpaired) electrons. The molecule has 0 saturated carbocycles. The van der Waals surface area contributed by atoms with Gasteiger partial charge >= 0.3 is 0 Å².